The summed E-state index contributed by atoms with van der Waals surface area (Å²) in [6.45, 7) is 9.23. The molecule has 0 radical (unpaired) electrons. The van der Waals surface area contributed by atoms with Crippen LogP contribution in [-0.4, -0.2) is 32.4 Å². The molecule has 0 unspecified atom stereocenters. The Morgan fingerprint density at radius 2 is 2.10 bits per heavy atom. The lowest BCUT2D eigenvalue weighted by atomic mass is 10.1. The Hall–Kier alpha value is -1.95. The lowest BCUT2D eigenvalue weighted by molar-refractivity contribution is -0.0246. The molecule has 1 aromatic heterocycles. The standard InChI is InChI=1S/C14H21N5O/c1-5-20-14(3,4)9-19-13(16-17-18-19)11-8-10(2)6-7-12(11)15/h6-8H,5,9,15H2,1-4H3. The summed E-state index contributed by atoms with van der Waals surface area (Å²) in [5, 5.41) is 11.9. The molecule has 0 aliphatic rings. The quantitative estimate of drug-likeness (QED) is 0.845. The topological polar surface area (TPSA) is 78.8 Å². The van der Waals surface area contributed by atoms with Crippen LogP contribution in [0.4, 0.5) is 5.69 Å². The summed E-state index contributed by atoms with van der Waals surface area (Å²) in [5.41, 5.74) is 8.33. The van der Waals surface area contributed by atoms with Crippen molar-refractivity contribution in [2.75, 3.05) is 12.3 Å². The first-order valence-electron chi connectivity index (χ1n) is 6.69. The van der Waals surface area contributed by atoms with Gasteiger partial charge in [0.25, 0.3) is 0 Å². The van der Waals surface area contributed by atoms with E-state index in [0.29, 0.717) is 24.7 Å². The Kier molecular flexibility index (Phi) is 4.04. The van der Waals surface area contributed by atoms with E-state index in [0.717, 1.165) is 11.1 Å². The van der Waals surface area contributed by atoms with Gasteiger partial charge in [-0.15, -0.1) is 5.10 Å². The Morgan fingerprint density at radius 3 is 2.80 bits per heavy atom. The third kappa shape index (κ3) is 3.14. The fourth-order valence-corrected chi connectivity index (χ4v) is 2.16. The van der Waals surface area contributed by atoms with E-state index in [1.54, 1.807) is 4.68 Å². The Labute approximate surface area is 118 Å². The van der Waals surface area contributed by atoms with Gasteiger partial charge in [0.05, 0.1) is 12.1 Å². The van der Waals surface area contributed by atoms with E-state index < -0.39 is 0 Å². The molecule has 0 aliphatic carbocycles. The largest absolute Gasteiger partial charge is 0.398 e. The van der Waals surface area contributed by atoms with E-state index in [4.69, 9.17) is 10.5 Å². The van der Waals surface area contributed by atoms with Gasteiger partial charge in [-0.2, -0.15) is 0 Å². The van der Waals surface area contributed by atoms with Crippen LogP contribution in [0.25, 0.3) is 11.4 Å². The number of anilines is 1. The molecule has 6 heteroatoms. The molecule has 2 aromatic rings. The zero-order valence-electron chi connectivity index (χ0n) is 12.4. The van der Waals surface area contributed by atoms with Gasteiger partial charge in [-0.05, 0) is 50.3 Å². The van der Waals surface area contributed by atoms with Crippen LogP contribution >= 0.6 is 0 Å². The van der Waals surface area contributed by atoms with Gasteiger partial charge in [-0.25, -0.2) is 4.68 Å². The van der Waals surface area contributed by atoms with E-state index in [9.17, 15) is 0 Å². The van der Waals surface area contributed by atoms with Crippen LogP contribution in [0.1, 0.15) is 26.3 Å². The van der Waals surface area contributed by atoms with Gasteiger partial charge >= 0.3 is 0 Å². The molecule has 0 saturated heterocycles. The fourth-order valence-electron chi connectivity index (χ4n) is 2.16. The number of nitrogens with zero attached hydrogens (tertiary/aromatic N) is 4. The van der Waals surface area contributed by atoms with E-state index >= 15 is 0 Å². The lowest BCUT2D eigenvalue weighted by Gasteiger charge is -2.24. The summed E-state index contributed by atoms with van der Waals surface area (Å²) < 4.78 is 7.44. The van der Waals surface area contributed by atoms with Crippen LogP contribution in [0, 0.1) is 6.92 Å². The predicted octanol–water partition coefficient (Wildman–Crippen LogP) is 2.05. The van der Waals surface area contributed by atoms with Crippen LogP contribution in [0.5, 0.6) is 0 Å². The van der Waals surface area contributed by atoms with Crippen LogP contribution in [-0.2, 0) is 11.3 Å². The summed E-state index contributed by atoms with van der Waals surface area (Å²) >= 11 is 0. The molecule has 0 amide bonds. The molecule has 108 valence electrons. The average molecular weight is 275 g/mol. The first-order chi connectivity index (χ1) is 9.43. The van der Waals surface area contributed by atoms with Crippen LogP contribution < -0.4 is 5.73 Å². The molecule has 0 spiro atoms. The lowest BCUT2D eigenvalue weighted by Crippen LogP contribution is -2.31. The summed E-state index contributed by atoms with van der Waals surface area (Å²) in [6.07, 6.45) is 0. The van der Waals surface area contributed by atoms with Crippen LogP contribution in [0.3, 0.4) is 0 Å². The number of nitrogen functional groups attached to an aromatic ring is 1. The predicted molar refractivity (Wildman–Crippen MR) is 78.1 cm³/mol. The maximum atomic E-state index is 6.03. The number of hydrogen-bond acceptors (Lipinski definition) is 5. The van der Waals surface area contributed by atoms with Crippen molar-refractivity contribution in [3.63, 3.8) is 0 Å². The summed E-state index contributed by atoms with van der Waals surface area (Å²) in [5.74, 6) is 0.666. The monoisotopic (exact) mass is 275 g/mol. The summed E-state index contributed by atoms with van der Waals surface area (Å²) in [6, 6.07) is 5.83. The second-order valence-corrected chi connectivity index (χ2v) is 5.44. The van der Waals surface area contributed by atoms with E-state index in [-0.39, 0.29) is 5.60 Å². The first kappa shape index (κ1) is 14.5. The highest BCUT2D eigenvalue weighted by molar-refractivity contribution is 5.72. The van der Waals surface area contributed by atoms with Crippen LogP contribution in [0.2, 0.25) is 0 Å². The SMILES string of the molecule is CCOC(C)(C)Cn1nnnc1-c1cc(C)ccc1N. The van der Waals surface area contributed by atoms with Crippen molar-refractivity contribution in [2.24, 2.45) is 0 Å². The number of hydrogen-bond donors (Lipinski definition) is 1. The Bertz CT molecular complexity index is 591. The average Bonchev–Trinajstić information content (AvgIpc) is 2.79. The van der Waals surface area contributed by atoms with Gasteiger partial charge in [0.1, 0.15) is 0 Å². The van der Waals surface area contributed by atoms with Crippen molar-refractivity contribution in [1.82, 2.24) is 20.2 Å². The fraction of sp³-hybridized carbons (Fsp3) is 0.500. The molecule has 1 aromatic carbocycles. The minimum absolute atomic E-state index is 0.336. The van der Waals surface area contributed by atoms with Crippen LogP contribution in [0.15, 0.2) is 18.2 Å². The van der Waals surface area contributed by atoms with Crippen molar-refractivity contribution in [2.45, 2.75) is 39.8 Å². The van der Waals surface area contributed by atoms with Crippen molar-refractivity contribution in [1.29, 1.82) is 0 Å². The zero-order valence-corrected chi connectivity index (χ0v) is 12.4. The van der Waals surface area contributed by atoms with Gasteiger partial charge in [-0.1, -0.05) is 11.6 Å². The van der Waals surface area contributed by atoms with Crippen molar-refractivity contribution >= 4 is 5.69 Å². The number of ether oxygens (including phenoxy) is 1. The van der Waals surface area contributed by atoms with E-state index in [1.165, 1.54) is 0 Å². The number of nitrogens with two attached hydrogens (primary N) is 1. The molecule has 2 rings (SSSR count). The van der Waals surface area contributed by atoms with Crippen molar-refractivity contribution < 1.29 is 4.74 Å². The van der Waals surface area contributed by atoms with Crippen molar-refractivity contribution in [3.8, 4) is 11.4 Å². The Morgan fingerprint density at radius 1 is 1.35 bits per heavy atom. The minimum Gasteiger partial charge on any atom is -0.398 e. The summed E-state index contributed by atoms with van der Waals surface area (Å²) in [7, 11) is 0. The molecular formula is C14H21N5O. The van der Waals surface area contributed by atoms with Gasteiger partial charge in [0.15, 0.2) is 5.82 Å². The summed E-state index contributed by atoms with van der Waals surface area (Å²) in [4.78, 5) is 0. The minimum atomic E-state index is -0.336. The molecule has 20 heavy (non-hydrogen) atoms. The number of aromatic nitrogens is 4. The first-order valence-corrected chi connectivity index (χ1v) is 6.69. The maximum absolute atomic E-state index is 6.03. The molecule has 6 nitrogen and oxygen atoms in total. The molecule has 0 saturated carbocycles. The molecular weight excluding hydrogens is 254 g/mol. The van der Waals surface area contributed by atoms with Gasteiger partial charge < -0.3 is 10.5 Å². The second kappa shape index (κ2) is 5.58. The highest BCUT2D eigenvalue weighted by Gasteiger charge is 2.22. The third-order valence-corrected chi connectivity index (χ3v) is 3.05. The van der Waals surface area contributed by atoms with Gasteiger partial charge in [0.2, 0.25) is 0 Å². The molecule has 0 aliphatic heterocycles. The van der Waals surface area contributed by atoms with Crippen molar-refractivity contribution in [3.05, 3.63) is 23.8 Å². The Balaban J connectivity index is 2.36. The number of aryl methyl sites for hydroxylation is 1. The van der Waals surface area contributed by atoms with E-state index in [1.807, 2.05) is 45.9 Å². The normalized spacial score (nSPS) is 11.8. The maximum Gasteiger partial charge on any atom is 0.184 e. The van der Waals surface area contributed by atoms with Gasteiger partial charge in [-0.3, -0.25) is 0 Å². The zero-order chi connectivity index (χ0) is 14.8. The smallest absolute Gasteiger partial charge is 0.184 e. The van der Waals surface area contributed by atoms with Gasteiger partial charge in [0, 0.05) is 17.9 Å². The number of tetrazole rings is 1. The second-order valence-electron chi connectivity index (χ2n) is 5.44. The molecule has 1 heterocycles. The molecule has 0 atom stereocenters. The molecule has 0 fully saturated rings. The third-order valence-electron chi connectivity index (χ3n) is 3.05. The molecule has 2 N–H and O–H groups in total. The number of rotatable bonds is 5. The molecule has 0 bridgehead atoms. The number of benzene rings is 1. The van der Waals surface area contributed by atoms with E-state index in [2.05, 4.69) is 15.5 Å². The highest BCUT2D eigenvalue weighted by atomic mass is 16.5. The highest BCUT2D eigenvalue weighted by Crippen LogP contribution is 2.25.